The summed E-state index contributed by atoms with van der Waals surface area (Å²) in [7, 11) is 0. The van der Waals surface area contributed by atoms with Gasteiger partial charge in [0.25, 0.3) is 0 Å². The molecular weight excluding hydrogens is 292 g/mol. The van der Waals surface area contributed by atoms with Crippen LogP contribution in [0.4, 0.5) is 0 Å². The molecule has 0 bridgehead atoms. The topological polar surface area (TPSA) is 47.7 Å². The van der Waals surface area contributed by atoms with Gasteiger partial charge in [-0.05, 0) is 23.8 Å². The summed E-state index contributed by atoms with van der Waals surface area (Å²) < 4.78 is 0. The Hall–Kier alpha value is -1.17. The molecule has 94 valence electrons. The molecule has 0 spiro atoms. The minimum Gasteiger partial charge on any atom is -0.298 e. The van der Waals surface area contributed by atoms with E-state index in [0.717, 1.165) is 36.9 Å². The highest BCUT2D eigenvalue weighted by atomic mass is 32.1. The van der Waals surface area contributed by atoms with E-state index in [2.05, 4.69) is 37.9 Å². The fourth-order valence-corrected chi connectivity index (χ4v) is 2.99. The first-order valence-electron chi connectivity index (χ1n) is 5.57. The molecule has 2 aromatic carbocycles. The van der Waals surface area contributed by atoms with E-state index in [1.54, 1.807) is 0 Å². The first-order chi connectivity index (χ1) is 9.00. The Morgan fingerprint density at radius 2 is 1.37 bits per heavy atom. The average molecular weight is 302 g/mol. The molecule has 3 rings (SSSR count). The lowest BCUT2D eigenvalue weighted by Crippen LogP contribution is -2.21. The van der Waals surface area contributed by atoms with Crippen molar-refractivity contribution in [1.29, 1.82) is 10.8 Å². The molecule has 0 saturated carbocycles. The third-order valence-corrected chi connectivity index (χ3v) is 4.51. The molecule has 0 fully saturated rings. The van der Waals surface area contributed by atoms with E-state index < -0.39 is 0 Å². The third kappa shape index (κ3) is 1.84. The quantitative estimate of drug-likeness (QED) is 0.457. The van der Waals surface area contributed by atoms with Gasteiger partial charge in [0, 0.05) is 31.4 Å². The first kappa shape index (κ1) is 12.8. The van der Waals surface area contributed by atoms with Crippen molar-refractivity contribution in [2.75, 3.05) is 0 Å². The Kier molecular flexibility index (Phi) is 3.00. The molecular formula is C14H10N2S3. The van der Waals surface area contributed by atoms with Gasteiger partial charge in [-0.25, -0.2) is 0 Å². The summed E-state index contributed by atoms with van der Waals surface area (Å²) in [6, 6.07) is 9.20. The molecule has 0 radical (unpaired) electrons. The molecule has 2 aromatic rings. The normalized spacial score (nSPS) is 13.2. The molecule has 0 saturated heterocycles. The summed E-state index contributed by atoms with van der Waals surface area (Å²) in [5, 5.41) is 16.2. The summed E-state index contributed by atoms with van der Waals surface area (Å²) >= 11 is 13.2. The van der Waals surface area contributed by atoms with Crippen LogP contribution in [0.5, 0.6) is 0 Å². The highest BCUT2D eigenvalue weighted by Crippen LogP contribution is 2.40. The number of benzene rings is 2. The molecule has 2 N–H and O–H groups in total. The summed E-state index contributed by atoms with van der Waals surface area (Å²) in [6.07, 6.45) is 0. The van der Waals surface area contributed by atoms with Crippen LogP contribution < -0.4 is 0 Å². The number of hydrogen-bond acceptors (Lipinski definition) is 5. The van der Waals surface area contributed by atoms with Gasteiger partial charge in [-0.3, -0.25) is 10.8 Å². The van der Waals surface area contributed by atoms with Gasteiger partial charge in [0.2, 0.25) is 0 Å². The number of hydrogen-bond donors (Lipinski definition) is 5. The van der Waals surface area contributed by atoms with Crippen molar-refractivity contribution < 1.29 is 0 Å². The highest BCUT2D eigenvalue weighted by Gasteiger charge is 2.27. The number of fused-ring (bicyclic) bond motifs is 3. The van der Waals surface area contributed by atoms with Crippen LogP contribution in [0, 0.1) is 10.8 Å². The van der Waals surface area contributed by atoms with Crippen LogP contribution >= 0.6 is 37.9 Å². The maximum Gasteiger partial charge on any atom is 0.0874 e. The van der Waals surface area contributed by atoms with Crippen LogP contribution in [0.15, 0.2) is 45.0 Å². The van der Waals surface area contributed by atoms with Crippen LogP contribution in [0.3, 0.4) is 0 Å². The number of rotatable bonds is 0. The van der Waals surface area contributed by atoms with Crippen LogP contribution in [0.1, 0.15) is 11.1 Å². The monoisotopic (exact) mass is 302 g/mol. The van der Waals surface area contributed by atoms with Crippen LogP contribution in [-0.2, 0) is 0 Å². The minimum absolute atomic E-state index is 0.220. The number of nitrogens with one attached hydrogen (secondary N) is 2. The van der Waals surface area contributed by atoms with E-state index in [9.17, 15) is 0 Å². The van der Waals surface area contributed by atoms with Crippen molar-refractivity contribution in [3.8, 4) is 11.1 Å². The van der Waals surface area contributed by atoms with Crippen LogP contribution in [-0.4, -0.2) is 11.4 Å². The fraction of sp³-hybridized carbons (Fsp3) is 0. The lowest BCUT2D eigenvalue weighted by molar-refractivity contribution is 1.24. The van der Waals surface area contributed by atoms with Gasteiger partial charge in [-0.1, -0.05) is 12.1 Å². The van der Waals surface area contributed by atoms with Gasteiger partial charge < -0.3 is 0 Å². The zero-order valence-corrected chi connectivity index (χ0v) is 12.4. The Balaban J connectivity index is 2.46. The summed E-state index contributed by atoms with van der Waals surface area (Å²) in [5.41, 5.74) is 3.67. The maximum absolute atomic E-state index is 8.13. The maximum atomic E-state index is 8.13. The molecule has 1 aliphatic carbocycles. The molecule has 0 unspecified atom stereocenters. The zero-order chi connectivity index (χ0) is 13.7. The second-order valence-corrected chi connectivity index (χ2v) is 5.78. The predicted octanol–water partition coefficient (Wildman–Crippen LogP) is 3.97. The SMILES string of the molecule is N=C1C(=N)c2ccc(S)c(S)c2-c2cc(S)ccc21. The molecule has 0 atom stereocenters. The van der Waals surface area contributed by atoms with Crippen molar-refractivity contribution in [3.63, 3.8) is 0 Å². The van der Waals surface area contributed by atoms with Crippen molar-refractivity contribution in [1.82, 2.24) is 0 Å². The van der Waals surface area contributed by atoms with Gasteiger partial charge in [0.1, 0.15) is 0 Å². The molecule has 0 heterocycles. The molecule has 0 amide bonds. The van der Waals surface area contributed by atoms with Crippen LogP contribution in [0.25, 0.3) is 11.1 Å². The van der Waals surface area contributed by atoms with Crippen molar-refractivity contribution in [2.24, 2.45) is 0 Å². The van der Waals surface area contributed by atoms with Gasteiger partial charge in [0.15, 0.2) is 0 Å². The Morgan fingerprint density at radius 1 is 0.737 bits per heavy atom. The number of thiol groups is 3. The smallest absolute Gasteiger partial charge is 0.0874 e. The molecule has 5 heteroatoms. The zero-order valence-electron chi connectivity index (χ0n) is 9.73. The van der Waals surface area contributed by atoms with Crippen molar-refractivity contribution >= 4 is 49.3 Å². The second-order valence-electron chi connectivity index (χ2n) is 4.34. The first-order valence-corrected chi connectivity index (χ1v) is 6.91. The van der Waals surface area contributed by atoms with Gasteiger partial charge in [-0.15, -0.1) is 37.9 Å². The lowest BCUT2D eigenvalue weighted by atomic mass is 9.83. The predicted molar refractivity (Wildman–Crippen MR) is 87.3 cm³/mol. The molecule has 2 nitrogen and oxygen atoms in total. The van der Waals surface area contributed by atoms with Gasteiger partial charge in [0.05, 0.1) is 11.4 Å². The highest BCUT2D eigenvalue weighted by molar-refractivity contribution is 7.83. The van der Waals surface area contributed by atoms with Crippen molar-refractivity contribution in [2.45, 2.75) is 14.7 Å². The Labute approximate surface area is 127 Å². The fourth-order valence-electron chi connectivity index (χ4n) is 2.29. The van der Waals surface area contributed by atoms with E-state index in [0.29, 0.717) is 0 Å². The third-order valence-electron chi connectivity index (χ3n) is 3.22. The molecule has 19 heavy (non-hydrogen) atoms. The standard InChI is InChI=1S/C14H10N2S3/c15-12-7-2-1-6(17)5-9(7)11-8(13(12)16)3-4-10(18)14(11)19/h1-5,15-19H. The van der Waals surface area contributed by atoms with E-state index >= 15 is 0 Å². The summed E-state index contributed by atoms with van der Waals surface area (Å²) in [6.45, 7) is 0. The average Bonchev–Trinajstić information content (AvgIpc) is 2.39. The van der Waals surface area contributed by atoms with E-state index in [1.807, 2.05) is 30.3 Å². The van der Waals surface area contributed by atoms with E-state index in [-0.39, 0.29) is 11.4 Å². The van der Waals surface area contributed by atoms with Crippen molar-refractivity contribution in [3.05, 3.63) is 41.5 Å². The van der Waals surface area contributed by atoms with Gasteiger partial charge >= 0.3 is 0 Å². The summed E-state index contributed by atoms with van der Waals surface area (Å²) in [4.78, 5) is 2.32. The second kappa shape index (κ2) is 4.44. The van der Waals surface area contributed by atoms with E-state index in [4.69, 9.17) is 10.8 Å². The molecule has 0 aliphatic heterocycles. The minimum atomic E-state index is 0.220. The molecule has 0 aromatic heterocycles. The lowest BCUT2D eigenvalue weighted by Gasteiger charge is -2.23. The van der Waals surface area contributed by atoms with Gasteiger partial charge in [-0.2, -0.15) is 0 Å². The van der Waals surface area contributed by atoms with Crippen LogP contribution in [0.2, 0.25) is 0 Å². The Bertz CT molecular complexity index is 751. The molecule has 1 aliphatic rings. The summed E-state index contributed by atoms with van der Waals surface area (Å²) in [5.74, 6) is 0. The largest absolute Gasteiger partial charge is 0.298 e. The Morgan fingerprint density at radius 3 is 2.11 bits per heavy atom. The van der Waals surface area contributed by atoms with E-state index in [1.165, 1.54) is 0 Å².